The summed E-state index contributed by atoms with van der Waals surface area (Å²) in [5, 5.41) is 11.1. The van der Waals surface area contributed by atoms with Crippen molar-refractivity contribution in [2.45, 2.75) is 24.8 Å². The second-order valence-corrected chi connectivity index (χ2v) is 8.45. The monoisotopic (exact) mass is 392 g/mol. The molecule has 0 radical (unpaired) electrons. The van der Waals surface area contributed by atoms with Gasteiger partial charge in [0.1, 0.15) is 6.10 Å². The Kier molecular flexibility index (Phi) is 6.69. The molecule has 2 aromatic rings. The van der Waals surface area contributed by atoms with Crippen LogP contribution in [-0.4, -0.2) is 38.9 Å². The first-order chi connectivity index (χ1) is 12.6. The number of nitrogens with zero attached hydrogens (tertiary/aromatic N) is 2. The van der Waals surface area contributed by atoms with Crippen LogP contribution in [-0.2, 0) is 14.3 Å². The molecule has 0 bridgehead atoms. The first-order valence-electron chi connectivity index (χ1n) is 8.49. The molecule has 0 spiro atoms. The minimum atomic E-state index is -4.03. The molecule has 0 aliphatic rings. The minimum Gasteiger partial charge on any atom is -0.309 e. The number of hydrogen-bond acceptors (Lipinski definition) is 6. The van der Waals surface area contributed by atoms with Crippen LogP contribution < -0.4 is 0 Å². The lowest BCUT2D eigenvalue weighted by atomic mass is 9.97. The smallest absolute Gasteiger partial charge is 0.297 e. The zero-order chi connectivity index (χ0) is 20.2. The van der Waals surface area contributed by atoms with Gasteiger partial charge in [-0.3, -0.25) is 14.3 Å². The Morgan fingerprint density at radius 1 is 1.15 bits per heavy atom. The molecule has 8 heteroatoms. The largest absolute Gasteiger partial charge is 0.309 e. The molecule has 0 saturated heterocycles. The number of nitro benzene ring substituents is 1. The molecule has 2 aromatic carbocycles. The van der Waals surface area contributed by atoms with E-state index in [4.69, 9.17) is 4.18 Å². The summed E-state index contributed by atoms with van der Waals surface area (Å²) >= 11 is 0. The number of nitro groups is 1. The molecule has 0 amide bonds. The van der Waals surface area contributed by atoms with Crippen LogP contribution in [0.4, 0.5) is 5.69 Å². The standard InChI is InChI=1S/C19H24N2O5S/c1-14-8-10-18(11-9-14)27(24,25)26-19(15(2)13-20(3)4)16-6-5-7-17(12-16)21(22)23/h5-12,15,19H,13H2,1-4H3/t15-,19-/m0/s1. The van der Waals surface area contributed by atoms with Crippen molar-refractivity contribution < 1.29 is 17.5 Å². The van der Waals surface area contributed by atoms with Crippen LogP contribution in [0.25, 0.3) is 0 Å². The summed E-state index contributed by atoms with van der Waals surface area (Å²) in [6, 6.07) is 12.3. The summed E-state index contributed by atoms with van der Waals surface area (Å²) in [5.74, 6) is -0.220. The Hall–Kier alpha value is -2.29. The van der Waals surface area contributed by atoms with E-state index in [1.54, 1.807) is 18.2 Å². The molecule has 0 aliphatic heterocycles. The van der Waals surface area contributed by atoms with Gasteiger partial charge in [-0.05, 0) is 38.7 Å². The summed E-state index contributed by atoms with van der Waals surface area (Å²) in [7, 11) is -0.286. The summed E-state index contributed by atoms with van der Waals surface area (Å²) in [4.78, 5) is 12.6. The topological polar surface area (TPSA) is 89.8 Å². The molecule has 7 nitrogen and oxygen atoms in total. The van der Waals surface area contributed by atoms with Crippen molar-refractivity contribution in [3.05, 3.63) is 69.8 Å². The molecular weight excluding hydrogens is 368 g/mol. The van der Waals surface area contributed by atoms with Crippen molar-refractivity contribution in [2.75, 3.05) is 20.6 Å². The highest BCUT2D eigenvalue weighted by Crippen LogP contribution is 2.32. The van der Waals surface area contributed by atoms with Crippen LogP contribution in [0.15, 0.2) is 53.4 Å². The molecule has 27 heavy (non-hydrogen) atoms. The zero-order valence-electron chi connectivity index (χ0n) is 15.8. The maximum Gasteiger partial charge on any atom is 0.297 e. The predicted octanol–water partition coefficient (Wildman–Crippen LogP) is 3.55. The van der Waals surface area contributed by atoms with Gasteiger partial charge in [0.05, 0.1) is 9.82 Å². The maximum atomic E-state index is 12.8. The lowest BCUT2D eigenvalue weighted by Gasteiger charge is -2.26. The molecule has 0 aliphatic carbocycles. The number of hydrogen-bond donors (Lipinski definition) is 0. The van der Waals surface area contributed by atoms with Crippen LogP contribution in [0.3, 0.4) is 0 Å². The van der Waals surface area contributed by atoms with Gasteiger partial charge in [0.2, 0.25) is 0 Å². The van der Waals surface area contributed by atoms with E-state index >= 15 is 0 Å². The fraction of sp³-hybridized carbons (Fsp3) is 0.368. The first-order valence-corrected chi connectivity index (χ1v) is 9.90. The summed E-state index contributed by atoms with van der Waals surface area (Å²) in [6.45, 7) is 4.27. The molecule has 146 valence electrons. The van der Waals surface area contributed by atoms with Crippen molar-refractivity contribution in [1.29, 1.82) is 0 Å². The van der Waals surface area contributed by atoms with E-state index in [1.165, 1.54) is 30.3 Å². The molecule has 0 N–H and O–H groups in total. The summed E-state index contributed by atoms with van der Waals surface area (Å²) in [6.07, 6.45) is -0.849. The van der Waals surface area contributed by atoms with Crippen LogP contribution in [0.2, 0.25) is 0 Å². The first kappa shape index (κ1) is 21.0. The van der Waals surface area contributed by atoms with Crippen molar-refractivity contribution in [3.63, 3.8) is 0 Å². The number of benzene rings is 2. The van der Waals surface area contributed by atoms with Gasteiger partial charge < -0.3 is 4.90 Å². The van der Waals surface area contributed by atoms with Gasteiger partial charge in [-0.2, -0.15) is 8.42 Å². The third kappa shape index (κ3) is 5.59. The highest BCUT2D eigenvalue weighted by atomic mass is 32.2. The van der Waals surface area contributed by atoms with E-state index in [0.717, 1.165) is 5.56 Å². The fourth-order valence-corrected chi connectivity index (χ4v) is 4.02. The molecule has 2 rings (SSSR count). The quantitative estimate of drug-likeness (QED) is 0.388. The second-order valence-electron chi connectivity index (χ2n) is 6.88. The third-order valence-electron chi connectivity index (χ3n) is 4.12. The molecule has 0 aromatic heterocycles. The minimum absolute atomic E-state index is 0.0561. The number of non-ortho nitro benzene ring substituents is 1. The van der Waals surface area contributed by atoms with E-state index in [9.17, 15) is 18.5 Å². The van der Waals surface area contributed by atoms with Crippen LogP contribution in [0, 0.1) is 23.0 Å². The summed E-state index contributed by atoms with van der Waals surface area (Å²) < 4.78 is 31.1. The van der Waals surface area contributed by atoms with Crippen molar-refractivity contribution in [3.8, 4) is 0 Å². The Labute approximate surface area is 159 Å². The van der Waals surface area contributed by atoms with Gasteiger partial charge in [-0.15, -0.1) is 0 Å². The maximum absolute atomic E-state index is 12.8. The van der Waals surface area contributed by atoms with E-state index in [1.807, 2.05) is 32.8 Å². The Bertz CT molecular complexity index is 895. The molecule has 0 fully saturated rings. The van der Waals surface area contributed by atoms with Gasteiger partial charge in [-0.25, -0.2) is 0 Å². The fourth-order valence-electron chi connectivity index (χ4n) is 2.86. The van der Waals surface area contributed by atoms with Crippen molar-refractivity contribution in [1.82, 2.24) is 4.90 Å². The van der Waals surface area contributed by atoms with E-state index in [-0.39, 0.29) is 16.5 Å². The zero-order valence-corrected chi connectivity index (χ0v) is 16.6. The molecule has 2 atom stereocenters. The highest BCUT2D eigenvalue weighted by molar-refractivity contribution is 7.86. The van der Waals surface area contributed by atoms with Gasteiger partial charge in [-0.1, -0.05) is 36.8 Å². The number of aryl methyl sites for hydroxylation is 1. The molecule has 0 unspecified atom stereocenters. The van der Waals surface area contributed by atoms with E-state index < -0.39 is 21.1 Å². The van der Waals surface area contributed by atoms with Crippen molar-refractivity contribution in [2.24, 2.45) is 5.92 Å². The van der Waals surface area contributed by atoms with Crippen molar-refractivity contribution >= 4 is 15.8 Å². The van der Waals surface area contributed by atoms with E-state index in [2.05, 4.69) is 0 Å². The Morgan fingerprint density at radius 3 is 2.33 bits per heavy atom. The van der Waals surface area contributed by atoms with Gasteiger partial charge in [0.15, 0.2) is 0 Å². The lowest BCUT2D eigenvalue weighted by Crippen LogP contribution is -2.27. The van der Waals surface area contributed by atoms with Gasteiger partial charge in [0.25, 0.3) is 15.8 Å². The molecule has 0 saturated carbocycles. The third-order valence-corrected chi connectivity index (χ3v) is 5.43. The SMILES string of the molecule is Cc1ccc(S(=O)(=O)O[C@H](c2cccc([N+](=O)[O-])c2)[C@@H](C)CN(C)C)cc1. The molecule has 0 heterocycles. The Morgan fingerprint density at radius 2 is 1.78 bits per heavy atom. The lowest BCUT2D eigenvalue weighted by molar-refractivity contribution is -0.385. The average Bonchev–Trinajstić information content (AvgIpc) is 2.59. The van der Waals surface area contributed by atoms with Crippen LogP contribution in [0.1, 0.15) is 24.2 Å². The Balaban J connectivity index is 2.42. The predicted molar refractivity (Wildman–Crippen MR) is 103 cm³/mol. The second kappa shape index (κ2) is 8.60. The van der Waals surface area contributed by atoms with Crippen LogP contribution >= 0.6 is 0 Å². The number of rotatable bonds is 8. The van der Waals surface area contributed by atoms with Crippen LogP contribution in [0.5, 0.6) is 0 Å². The normalized spacial score (nSPS) is 14.1. The highest BCUT2D eigenvalue weighted by Gasteiger charge is 2.29. The van der Waals surface area contributed by atoms with Gasteiger partial charge >= 0.3 is 0 Å². The van der Waals surface area contributed by atoms with E-state index in [0.29, 0.717) is 12.1 Å². The summed E-state index contributed by atoms with van der Waals surface area (Å²) in [5.41, 5.74) is 1.28. The average molecular weight is 392 g/mol. The molecular formula is C19H24N2O5S. The van der Waals surface area contributed by atoms with Gasteiger partial charge in [0, 0.05) is 24.6 Å².